The molecule has 8 nitrogen and oxygen atoms in total. The van der Waals surface area contributed by atoms with Crippen molar-refractivity contribution >= 4 is 11.8 Å². The Morgan fingerprint density at radius 1 is 1.14 bits per heavy atom. The number of hydrogen-bond acceptors (Lipinski definition) is 6. The molecule has 0 saturated carbocycles. The molecule has 2 aromatic rings. The molecule has 0 bridgehead atoms. The third-order valence-electron chi connectivity index (χ3n) is 4.95. The van der Waals surface area contributed by atoms with E-state index in [2.05, 4.69) is 25.4 Å². The van der Waals surface area contributed by atoms with Gasteiger partial charge in [-0.15, -0.1) is 0 Å². The van der Waals surface area contributed by atoms with Crippen LogP contribution in [-0.4, -0.2) is 79.6 Å². The quantitative estimate of drug-likeness (QED) is 0.720. The van der Waals surface area contributed by atoms with E-state index in [4.69, 9.17) is 4.74 Å². The van der Waals surface area contributed by atoms with E-state index in [1.165, 1.54) is 0 Å². The largest absolute Gasteiger partial charge is 0.497 e. The van der Waals surface area contributed by atoms with Crippen LogP contribution in [0.25, 0.3) is 0 Å². The van der Waals surface area contributed by atoms with Crippen LogP contribution >= 0.6 is 0 Å². The maximum atomic E-state index is 12.7. The van der Waals surface area contributed by atoms with Gasteiger partial charge in [-0.2, -0.15) is 0 Å². The molecule has 1 aliphatic heterocycles. The van der Waals surface area contributed by atoms with Crippen molar-refractivity contribution in [3.8, 4) is 5.75 Å². The van der Waals surface area contributed by atoms with Gasteiger partial charge < -0.3 is 20.3 Å². The molecular weight excluding hydrogens is 370 g/mol. The molecular formula is C21H27N5O3. The standard InChI is InChI=1S/C21H27N5O3/c1-25-12-13-26(11-10-23-20(27)17-4-3-9-22-14-17)19(15-25)24-21(28)16-5-7-18(29-2)8-6-16/h3-9,14,19H,10-13,15H2,1-2H3,(H,23,27)(H,24,28). The summed E-state index contributed by atoms with van der Waals surface area (Å²) >= 11 is 0. The normalized spacial score (nSPS) is 17.5. The van der Waals surface area contributed by atoms with E-state index < -0.39 is 0 Å². The Morgan fingerprint density at radius 2 is 1.93 bits per heavy atom. The number of likely N-dealkylation sites (N-methyl/N-ethyl adjacent to an activating group) is 1. The SMILES string of the molecule is COc1ccc(C(=O)NC2CN(C)CCN2CCNC(=O)c2cccnc2)cc1. The van der Waals surface area contributed by atoms with Gasteiger partial charge in [0.05, 0.1) is 18.8 Å². The lowest BCUT2D eigenvalue weighted by Gasteiger charge is -2.40. The molecule has 3 rings (SSSR count). The molecule has 1 aromatic heterocycles. The van der Waals surface area contributed by atoms with Crippen LogP contribution in [0.4, 0.5) is 0 Å². The second-order valence-electron chi connectivity index (χ2n) is 7.01. The first kappa shape index (κ1) is 20.8. The molecule has 0 spiro atoms. The molecule has 0 radical (unpaired) electrons. The Labute approximate surface area is 170 Å². The smallest absolute Gasteiger partial charge is 0.252 e. The minimum absolute atomic E-state index is 0.126. The summed E-state index contributed by atoms with van der Waals surface area (Å²) in [6, 6.07) is 10.5. The fourth-order valence-electron chi connectivity index (χ4n) is 3.25. The summed E-state index contributed by atoms with van der Waals surface area (Å²) in [6.45, 7) is 3.58. The molecule has 154 valence electrons. The third kappa shape index (κ3) is 5.75. The van der Waals surface area contributed by atoms with Crippen LogP contribution < -0.4 is 15.4 Å². The van der Waals surface area contributed by atoms with Gasteiger partial charge in [0.2, 0.25) is 0 Å². The number of methoxy groups -OCH3 is 1. The first-order valence-corrected chi connectivity index (χ1v) is 9.62. The number of pyridine rings is 1. The lowest BCUT2D eigenvalue weighted by atomic mass is 10.2. The van der Waals surface area contributed by atoms with Gasteiger partial charge in [-0.25, -0.2) is 0 Å². The summed E-state index contributed by atoms with van der Waals surface area (Å²) in [5, 5.41) is 6.02. The number of carbonyl (C=O) groups excluding carboxylic acids is 2. The van der Waals surface area contributed by atoms with Gasteiger partial charge in [-0.3, -0.25) is 19.5 Å². The Hall–Kier alpha value is -2.97. The molecule has 29 heavy (non-hydrogen) atoms. The van der Waals surface area contributed by atoms with Crippen molar-refractivity contribution in [2.24, 2.45) is 0 Å². The average molecular weight is 397 g/mol. The highest BCUT2D eigenvalue weighted by Crippen LogP contribution is 2.12. The predicted octanol–water partition coefficient (Wildman–Crippen LogP) is 0.824. The number of nitrogens with zero attached hydrogens (tertiary/aromatic N) is 3. The summed E-state index contributed by atoms with van der Waals surface area (Å²) in [4.78, 5) is 33.2. The Kier molecular flexibility index (Phi) is 7.15. The van der Waals surface area contributed by atoms with Crippen LogP contribution in [0, 0.1) is 0 Å². The van der Waals surface area contributed by atoms with Crippen LogP contribution in [0.1, 0.15) is 20.7 Å². The molecule has 1 fully saturated rings. The number of amides is 2. The minimum atomic E-state index is -0.147. The van der Waals surface area contributed by atoms with Crippen LogP contribution in [0.3, 0.4) is 0 Å². The maximum absolute atomic E-state index is 12.7. The molecule has 2 amide bonds. The highest BCUT2D eigenvalue weighted by Gasteiger charge is 2.26. The first-order chi connectivity index (χ1) is 14.1. The predicted molar refractivity (Wildman–Crippen MR) is 110 cm³/mol. The summed E-state index contributed by atoms with van der Waals surface area (Å²) in [5.41, 5.74) is 1.12. The molecule has 1 atom stereocenters. The number of hydrogen-bond donors (Lipinski definition) is 2. The van der Waals surface area contributed by atoms with Gasteiger partial charge in [0.25, 0.3) is 11.8 Å². The Balaban J connectivity index is 1.55. The highest BCUT2D eigenvalue weighted by molar-refractivity contribution is 5.94. The van der Waals surface area contributed by atoms with E-state index in [1.54, 1.807) is 55.9 Å². The molecule has 2 N–H and O–H groups in total. The zero-order valence-electron chi connectivity index (χ0n) is 16.8. The van der Waals surface area contributed by atoms with Gasteiger partial charge in [0.1, 0.15) is 5.75 Å². The molecule has 1 unspecified atom stereocenters. The molecule has 1 aromatic carbocycles. The topological polar surface area (TPSA) is 86.8 Å². The van der Waals surface area contributed by atoms with E-state index in [0.717, 1.165) is 19.6 Å². The lowest BCUT2D eigenvalue weighted by Crippen LogP contribution is -2.60. The number of aromatic nitrogens is 1. The zero-order chi connectivity index (χ0) is 20.6. The maximum Gasteiger partial charge on any atom is 0.252 e. The summed E-state index contributed by atoms with van der Waals surface area (Å²) in [6.07, 6.45) is 3.05. The molecule has 8 heteroatoms. The third-order valence-corrected chi connectivity index (χ3v) is 4.95. The van der Waals surface area contributed by atoms with Gasteiger partial charge in [0, 0.05) is 50.7 Å². The average Bonchev–Trinajstić information content (AvgIpc) is 2.75. The molecule has 0 aliphatic carbocycles. The van der Waals surface area contributed by atoms with E-state index in [9.17, 15) is 9.59 Å². The van der Waals surface area contributed by atoms with E-state index in [0.29, 0.717) is 30.0 Å². The fourth-order valence-corrected chi connectivity index (χ4v) is 3.25. The summed E-state index contributed by atoms with van der Waals surface area (Å²) < 4.78 is 5.14. The summed E-state index contributed by atoms with van der Waals surface area (Å²) in [7, 11) is 3.63. The van der Waals surface area contributed by atoms with E-state index in [-0.39, 0.29) is 18.0 Å². The second-order valence-corrected chi connectivity index (χ2v) is 7.01. The van der Waals surface area contributed by atoms with Crippen molar-refractivity contribution in [1.82, 2.24) is 25.4 Å². The van der Waals surface area contributed by atoms with Crippen LogP contribution in [0.2, 0.25) is 0 Å². The van der Waals surface area contributed by atoms with E-state index in [1.807, 2.05) is 7.05 Å². The van der Waals surface area contributed by atoms with Crippen LogP contribution in [0.5, 0.6) is 5.75 Å². The second kappa shape index (κ2) is 9.99. The molecule has 1 saturated heterocycles. The number of benzene rings is 1. The molecule has 2 heterocycles. The first-order valence-electron chi connectivity index (χ1n) is 9.62. The number of piperazine rings is 1. The fraction of sp³-hybridized carbons (Fsp3) is 0.381. The zero-order valence-corrected chi connectivity index (χ0v) is 16.8. The van der Waals surface area contributed by atoms with Crippen LogP contribution in [-0.2, 0) is 0 Å². The Bertz CT molecular complexity index is 813. The highest BCUT2D eigenvalue weighted by atomic mass is 16.5. The van der Waals surface area contributed by atoms with Gasteiger partial charge in [-0.05, 0) is 43.4 Å². The van der Waals surface area contributed by atoms with Crippen molar-refractivity contribution in [2.45, 2.75) is 6.17 Å². The Morgan fingerprint density at radius 3 is 2.62 bits per heavy atom. The van der Waals surface area contributed by atoms with Crippen molar-refractivity contribution in [3.63, 3.8) is 0 Å². The number of carbonyl (C=O) groups is 2. The van der Waals surface area contributed by atoms with Crippen molar-refractivity contribution in [3.05, 3.63) is 59.9 Å². The summed E-state index contributed by atoms with van der Waals surface area (Å²) in [5.74, 6) is 0.438. The van der Waals surface area contributed by atoms with E-state index >= 15 is 0 Å². The van der Waals surface area contributed by atoms with Crippen molar-refractivity contribution in [2.75, 3.05) is 46.9 Å². The number of nitrogens with one attached hydrogen (secondary N) is 2. The molecule has 1 aliphatic rings. The number of ether oxygens (including phenoxy) is 1. The van der Waals surface area contributed by atoms with Crippen LogP contribution in [0.15, 0.2) is 48.8 Å². The lowest BCUT2D eigenvalue weighted by molar-refractivity contribution is 0.0575. The monoisotopic (exact) mass is 397 g/mol. The van der Waals surface area contributed by atoms with Crippen molar-refractivity contribution < 1.29 is 14.3 Å². The van der Waals surface area contributed by atoms with Gasteiger partial charge in [0.15, 0.2) is 0 Å². The number of rotatable bonds is 7. The van der Waals surface area contributed by atoms with Crippen molar-refractivity contribution in [1.29, 1.82) is 0 Å². The minimum Gasteiger partial charge on any atom is -0.497 e. The van der Waals surface area contributed by atoms with Gasteiger partial charge in [-0.1, -0.05) is 0 Å². The van der Waals surface area contributed by atoms with Gasteiger partial charge >= 0.3 is 0 Å².